The molecule has 0 aromatic heterocycles. The summed E-state index contributed by atoms with van der Waals surface area (Å²) in [5.41, 5.74) is 1.97. The van der Waals surface area contributed by atoms with Gasteiger partial charge in [-0.2, -0.15) is 0 Å². The third-order valence-electron chi connectivity index (χ3n) is 4.40. The van der Waals surface area contributed by atoms with Crippen LogP contribution in [0.3, 0.4) is 0 Å². The van der Waals surface area contributed by atoms with Crippen LogP contribution in [0.1, 0.15) is 27.6 Å². The highest BCUT2D eigenvalue weighted by Gasteiger charge is 2.43. The fourth-order valence-electron chi connectivity index (χ4n) is 3.34. The average molecular weight is 275 g/mol. The standard InChI is InChI=1S/C18H13NO2/c1-10-11-6-4-5-9-14(11)19-16-15(10)17(20)12-7-2-3-8-13(12)18(16)21/h2-9,15-16H,1H3. The second-order valence-electron chi connectivity index (χ2n) is 5.53. The van der Waals surface area contributed by atoms with Crippen LogP contribution in [0.15, 0.2) is 53.5 Å². The molecule has 0 spiro atoms. The van der Waals surface area contributed by atoms with Crippen LogP contribution in [-0.4, -0.2) is 17.6 Å². The minimum atomic E-state index is -0.609. The molecule has 1 heterocycles. The summed E-state index contributed by atoms with van der Waals surface area (Å²) in [5.74, 6) is -0.502. The van der Waals surface area contributed by atoms with Crippen molar-refractivity contribution in [3.8, 4) is 0 Å². The van der Waals surface area contributed by atoms with Crippen LogP contribution in [-0.2, 0) is 0 Å². The first-order chi connectivity index (χ1) is 10.2. The van der Waals surface area contributed by atoms with E-state index in [2.05, 4.69) is 4.99 Å². The number of para-hydroxylation sites is 1. The van der Waals surface area contributed by atoms with Crippen molar-refractivity contribution in [2.75, 3.05) is 0 Å². The van der Waals surface area contributed by atoms with Crippen LogP contribution in [0.2, 0.25) is 0 Å². The summed E-state index contributed by atoms with van der Waals surface area (Å²) in [6, 6.07) is 14.1. The summed E-state index contributed by atoms with van der Waals surface area (Å²) in [7, 11) is 0. The Hall–Kier alpha value is -2.55. The molecular weight excluding hydrogens is 262 g/mol. The summed E-state index contributed by atoms with van der Waals surface area (Å²) in [4.78, 5) is 30.0. The van der Waals surface area contributed by atoms with Crippen LogP contribution in [0.4, 0.5) is 0 Å². The second kappa shape index (κ2) is 4.22. The Morgan fingerprint density at radius 3 is 2.24 bits per heavy atom. The zero-order chi connectivity index (χ0) is 14.6. The summed E-state index contributed by atoms with van der Waals surface area (Å²) >= 11 is 0. The lowest BCUT2D eigenvalue weighted by Gasteiger charge is -2.31. The Kier molecular flexibility index (Phi) is 2.45. The van der Waals surface area contributed by atoms with E-state index in [0.29, 0.717) is 11.1 Å². The van der Waals surface area contributed by atoms with Crippen molar-refractivity contribution in [2.24, 2.45) is 10.9 Å². The maximum Gasteiger partial charge on any atom is 0.189 e. The van der Waals surface area contributed by atoms with Crippen LogP contribution in [0.5, 0.6) is 0 Å². The molecule has 0 bridgehead atoms. The van der Waals surface area contributed by atoms with Gasteiger partial charge >= 0.3 is 0 Å². The van der Waals surface area contributed by atoms with E-state index in [0.717, 1.165) is 16.1 Å². The van der Waals surface area contributed by atoms with Gasteiger partial charge < -0.3 is 0 Å². The molecule has 0 radical (unpaired) electrons. The molecule has 3 nitrogen and oxygen atoms in total. The van der Waals surface area contributed by atoms with E-state index in [1.165, 1.54) is 0 Å². The maximum absolute atomic E-state index is 12.8. The average Bonchev–Trinajstić information content (AvgIpc) is 2.52. The fraction of sp³-hybridized carbons (Fsp3) is 0.167. The van der Waals surface area contributed by atoms with Gasteiger partial charge in [0, 0.05) is 11.1 Å². The van der Waals surface area contributed by atoms with Gasteiger partial charge in [-0.25, -0.2) is 0 Å². The molecule has 1 aliphatic heterocycles. The van der Waals surface area contributed by atoms with E-state index in [4.69, 9.17) is 0 Å². The zero-order valence-electron chi connectivity index (χ0n) is 11.5. The van der Waals surface area contributed by atoms with E-state index in [1.807, 2.05) is 31.2 Å². The summed E-state index contributed by atoms with van der Waals surface area (Å²) in [5, 5.41) is 1.77. The summed E-state index contributed by atoms with van der Waals surface area (Å²) in [6.45, 7) is 1.93. The Morgan fingerprint density at radius 1 is 0.857 bits per heavy atom. The minimum Gasteiger partial charge on any atom is -0.293 e. The van der Waals surface area contributed by atoms with Crippen molar-refractivity contribution in [2.45, 2.75) is 13.0 Å². The van der Waals surface area contributed by atoms with Crippen LogP contribution in [0.25, 0.3) is 5.57 Å². The molecule has 21 heavy (non-hydrogen) atoms. The predicted molar refractivity (Wildman–Crippen MR) is 78.7 cm³/mol. The molecule has 0 amide bonds. The number of hydrogen-bond donors (Lipinski definition) is 0. The van der Waals surface area contributed by atoms with E-state index < -0.39 is 12.0 Å². The zero-order valence-corrected chi connectivity index (χ0v) is 11.5. The largest absolute Gasteiger partial charge is 0.293 e. The minimum absolute atomic E-state index is 0.00551. The monoisotopic (exact) mass is 275 g/mol. The first-order valence-electron chi connectivity index (χ1n) is 6.99. The molecule has 3 heteroatoms. The smallest absolute Gasteiger partial charge is 0.189 e. The number of hydrogen-bond acceptors (Lipinski definition) is 3. The van der Waals surface area contributed by atoms with Crippen molar-refractivity contribution in [3.05, 3.63) is 70.2 Å². The Bertz CT molecular complexity index is 911. The second-order valence-corrected chi connectivity index (χ2v) is 5.53. The number of carbonyl (C=O) groups excluding carboxylic acids is 2. The van der Waals surface area contributed by atoms with E-state index >= 15 is 0 Å². The maximum atomic E-state index is 12.8. The SMILES string of the molecule is CC1=c2ccccc2=NC2C(=O)c3ccccc3C(=O)C12. The molecular formula is C18H13NO2. The first-order valence-corrected chi connectivity index (χ1v) is 6.99. The number of ketones is 2. The van der Waals surface area contributed by atoms with Crippen LogP contribution >= 0.6 is 0 Å². The molecule has 0 saturated heterocycles. The molecule has 2 aromatic rings. The Labute approximate surface area is 121 Å². The van der Waals surface area contributed by atoms with Crippen molar-refractivity contribution in [1.82, 2.24) is 0 Å². The molecule has 2 aliphatic rings. The molecule has 2 unspecified atom stereocenters. The van der Waals surface area contributed by atoms with Gasteiger partial charge in [0.25, 0.3) is 0 Å². The molecule has 2 aromatic carbocycles. The normalized spacial score (nSPS) is 23.0. The highest BCUT2D eigenvalue weighted by molar-refractivity contribution is 6.20. The molecule has 2 atom stereocenters. The van der Waals surface area contributed by atoms with Gasteiger partial charge in [0.2, 0.25) is 0 Å². The quantitative estimate of drug-likeness (QED) is 0.732. The third kappa shape index (κ3) is 1.57. The van der Waals surface area contributed by atoms with E-state index in [9.17, 15) is 9.59 Å². The Morgan fingerprint density at radius 2 is 1.48 bits per heavy atom. The lowest BCUT2D eigenvalue weighted by molar-refractivity contribution is 0.0826. The van der Waals surface area contributed by atoms with Gasteiger partial charge in [0.15, 0.2) is 11.6 Å². The molecule has 0 saturated carbocycles. The van der Waals surface area contributed by atoms with Gasteiger partial charge in [0.1, 0.15) is 6.04 Å². The molecule has 102 valence electrons. The third-order valence-corrected chi connectivity index (χ3v) is 4.40. The first kappa shape index (κ1) is 12.2. The molecule has 1 aliphatic carbocycles. The summed E-state index contributed by atoms with van der Waals surface area (Å²) in [6.07, 6.45) is 0. The van der Waals surface area contributed by atoms with Crippen molar-refractivity contribution in [3.63, 3.8) is 0 Å². The van der Waals surface area contributed by atoms with Gasteiger partial charge in [0.05, 0.1) is 11.3 Å². The number of Topliss-reactive ketones (excluding diaryl/α,β-unsaturated/α-hetero) is 2. The van der Waals surface area contributed by atoms with Crippen molar-refractivity contribution >= 4 is 17.1 Å². The number of fused-ring (bicyclic) bond motifs is 3. The topological polar surface area (TPSA) is 46.5 Å². The lowest BCUT2D eigenvalue weighted by Crippen LogP contribution is -2.48. The summed E-state index contributed by atoms with van der Waals surface area (Å²) < 4.78 is 0. The van der Waals surface area contributed by atoms with Gasteiger partial charge in [-0.1, -0.05) is 48.0 Å². The van der Waals surface area contributed by atoms with Gasteiger partial charge in [-0.15, -0.1) is 0 Å². The number of benzene rings is 2. The highest BCUT2D eigenvalue weighted by atomic mass is 16.1. The molecule has 0 N–H and O–H groups in total. The molecule has 0 fully saturated rings. The number of rotatable bonds is 0. The van der Waals surface area contributed by atoms with E-state index in [-0.39, 0.29) is 11.6 Å². The van der Waals surface area contributed by atoms with Crippen LogP contribution < -0.4 is 10.6 Å². The highest BCUT2D eigenvalue weighted by Crippen LogP contribution is 2.32. The van der Waals surface area contributed by atoms with Crippen LogP contribution in [0, 0.1) is 5.92 Å². The number of nitrogens with zero attached hydrogens (tertiary/aromatic N) is 1. The van der Waals surface area contributed by atoms with Crippen molar-refractivity contribution in [1.29, 1.82) is 0 Å². The van der Waals surface area contributed by atoms with Gasteiger partial charge in [-0.05, 0) is 18.2 Å². The lowest BCUT2D eigenvalue weighted by atomic mass is 9.74. The van der Waals surface area contributed by atoms with E-state index in [1.54, 1.807) is 24.3 Å². The molecule has 4 rings (SSSR count). The Balaban J connectivity index is 2.04. The number of carbonyl (C=O) groups is 2. The van der Waals surface area contributed by atoms with Crippen molar-refractivity contribution < 1.29 is 9.59 Å². The fourth-order valence-corrected chi connectivity index (χ4v) is 3.34. The predicted octanol–water partition coefficient (Wildman–Crippen LogP) is 1.55. The van der Waals surface area contributed by atoms with Gasteiger partial charge in [-0.3, -0.25) is 14.6 Å².